The minimum atomic E-state index is -3.82. The number of benzene rings is 1. The third-order valence-electron chi connectivity index (χ3n) is 4.01. The summed E-state index contributed by atoms with van der Waals surface area (Å²) in [6.07, 6.45) is 1.58. The molecule has 0 atom stereocenters. The van der Waals surface area contributed by atoms with Gasteiger partial charge in [0, 0.05) is 11.1 Å². The summed E-state index contributed by atoms with van der Waals surface area (Å²) in [6.45, 7) is 1.41. The molecular weight excluding hydrogens is 406 g/mol. The standard InChI is InChI=1S/C18H18F2N4O4S/c1-2-5-29(27,28)24-14-4-3-13(19)15(16(14)20)18(26)23-11-6-10-7-12(9-25)22-17(10)21-8-11/h3-4,6-8,24-25H,2,5,9H2,1H3,(H,21,22)(H,23,26). The molecule has 4 N–H and O–H groups in total. The number of carbonyl (C=O) groups is 1. The van der Waals surface area contributed by atoms with E-state index in [0.29, 0.717) is 23.1 Å². The van der Waals surface area contributed by atoms with Crippen molar-refractivity contribution in [1.82, 2.24) is 9.97 Å². The average molecular weight is 424 g/mol. The second-order valence-corrected chi connectivity index (χ2v) is 8.12. The predicted molar refractivity (Wildman–Crippen MR) is 104 cm³/mol. The Labute approximate surface area is 165 Å². The molecule has 2 heterocycles. The van der Waals surface area contributed by atoms with Gasteiger partial charge in [-0.15, -0.1) is 0 Å². The van der Waals surface area contributed by atoms with Gasteiger partial charge in [0.05, 0.1) is 29.9 Å². The SMILES string of the molecule is CCCS(=O)(=O)Nc1ccc(F)c(C(=O)Nc2cnc3[nH]c(CO)cc3c2)c1F. The Kier molecular flexibility index (Phi) is 5.80. The molecule has 3 aromatic rings. The number of nitrogens with zero attached hydrogens (tertiary/aromatic N) is 1. The lowest BCUT2D eigenvalue weighted by atomic mass is 10.1. The smallest absolute Gasteiger partial charge is 0.261 e. The van der Waals surface area contributed by atoms with Crippen molar-refractivity contribution in [3.05, 3.63) is 53.4 Å². The first-order valence-electron chi connectivity index (χ1n) is 8.62. The van der Waals surface area contributed by atoms with Gasteiger partial charge in [-0.3, -0.25) is 9.52 Å². The predicted octanol–water partition coefficient (Wildman–Crippen LogP) is 2.74. The molecule has 3 rings (SSSR count). The van der Waals surface area contributed by atoms with Gasteiger partial charge >= 0.3 is 0 Å². The summed E-state index contributed by atoms with van der Waals surface area (Å²) in [7, 11) is -3.82. The molecule has 0 spiro atoms. The number of carbonyl (C=O) groups excluding carboxylic acids is 1. The van der Waals surface area contributed by atoms with Gasteiger partial charge in [-0.2, -0.15) is 0 Å². The number of aliphatic hydroxyl groups excluding tert-OH is 1. The molecule has 11 heteroatoms. The zero-order valence-electron chi connectivity index (χ0n) is 15.3. The number of amides is 1. The molecule has 0 aliphatic rings. The van der Waals surface area contributed by atoms with Crippen LogP contribution in [-0.4, -0.2) is 35.2 Å². The van der Waals surface area contributed by atoms with Gasteiger partial charge in [-0.25, -0.2) is 22.2 Å². The molecule has 0 bridgehead atoms. The molecule has 0 aliphatic heterocycles. The van der Waals surface area contributed by atoms with Crippen LogP contribution in [-0.2, 0) is 16.6 Å². The number of anilines is 2. The van der Waals surface area contributed by atoms with Gasteiger partial charge in [0.25, 0.3) is 5.91 Å². The van der Waals surface area contributed by atoms with Crippen molar-refractivity contribution in [3.63, 3.8) is 0 Å². The Bertz CT molecular complexity index is 1180. The number of pyridine rings is 1. The van der Waals surface area contributed by atoms with Gasteiger partial charge in [0.1, 0.15) is 17.0 Å². The normalized spacial score (nSPS) is 11.6. The van der Waals surface area contributed by atoms with E-state index in [1.807, 2.05) is 4.72 Å². The number of nitrogens with one attached hydrogen (secondary N) is 3. The maximum absolute atomic E-state index is 14.7. The van der Waals surface area contributed by atoms with Gasteiger partial charge in [0.2, 0.25) is 10.0 Å². The van der Waals surface area contributed by atoms with Gasteiger partial charge in [-0.05, 0) is 30.7 Å². The van der Waals surface area contributed by atoms with E-state index in [0.717, 1.165) is 12.1 Å². The van der Waals surface area contributed by atoms with E-state index in [4.69, 9.17) is 5.11 Å². The van der Waals surface area contributed by atoms with Crippen LogP contribution in [0.1, 0.15) is 29.4 Å². The summed E-state index contributed by atoms with van der Waals surface area (Å²) < 4.78 is 54.6. The molecule has 0 fully saturated rings. The van der Waals surface area contributed by atoms with Crippen molar-refractivity contribution in [2.75, 3.05) is 15.8 Å². The van der Waals surface area contributed by atoms with E-state index >= 15 is 0 Å². The number of aromatic nitrogens is 2. The highest BCUT2D eigenvalue weighted by molar-refractivity contribution is 7.92. The zero-order valence-corrected chi connectivity index (χ0v) is 16.1. The van der Waals surface area contributed by atoms with Crippen LogP contribution in [0.4, 0.5) is 20.2 Å². The molecule has 2 aromatic heterocycles. The van der Waals surface area contributed by atoms with Gasteiger partial charge < -0.3 is 15.4 Å². The first kappa shape index (κ1) is 20.7. The van der Waals surface area contributed by atoms with E-state index in [2.05, 4.69) is 15.3 Å². The molecular formula is C18H18F2N4O4S. The Morgan fingerprint density at radius 3 is 2.72 bits per heavy atom. The van der Waals surface area contributed by atoms with Gasteiger partial charge in [-0.1, -0.05) is 6.92 Å². The fourth-order valence-corrected chi connectivity index (χ4v) is 3.88. The second kappa shape index (κ2) is 8.13. The van der Waals surface area contributed by atoms with Crippen LogP contribution in [0, 0.1) is 11.6 Å². The summed E-state index contributed by atoms with van der Waals surface area (Å²) in [5, 5.41) is 12.1. The molecule has 0 radical (unpaired) electrons. The number of fused-ring (bicyclic) bond motifs is 1. The fourth-order valence-electron chi connectivity index (χ4n) is 2.75. The Morgan fingerprint density at radius 1 is 1.28 bits per heavy atom. The molecule has 0 unspecified atom stereocenters. The number of H-pyrrole nitrogens is 1. The summed E-state index contributed by atoms with van der Waals surface area (Å²) in [4.78, 5) is 19.4. The molecule has 0 saturated heterocycles. The van der Waals surface area contributed by atoms with E-state index < -0.39 is 38.8 Å². The molecule has 29 heavy (non-hydrogen) atoms. The summed E-state index contributed by atoms with van der Waals surface area (Å²) in [6, 6.07) is 4.85. The minimum absolute atomic E-state index is 0.168. The second-order valence-electron chi connectivity index (χ2n) is 6.27. The molecule has 8 nitrogen and oxygen atoms in total. The molecule has 0 saturated carbocycles. The van der Waals surface area contributed by atoms with E-state index in [1.54, 1.807) is 13.0 Å². The molecule has 154 valence electrons. The highest BCUT2D eigenvalue weighted by Crippen LogP contribution is 2.24. The summed E-state index contributed by atoms with van der Waals surface area (Å²) in [5.74, 6) is -3.81. The van der Waals surface area contributed by atoms with Crippen molar-refractivity contribution in [1.29, 1.82) is 0 Å². The van der Waals surface area contributed by atoms with Crippen LogP contribution in [0.5, 0.6) is 0 Å². The quantitative estimate of drug-likeness (QED) is 0.464. The fraction of sp³-hybridized carbons (Fsp3) is 0.222. The third kappa shape index (κ3) is 4.51. The number of rotatable bonds is 7. The van der Waals surface area contributed by atoms with Crippen LogP contribution in [0.15, 0.2) is 30.5 Å². The lowest BCUT2D eigenvalue weighted by Gasteiger charge is -2.12. The van der Waals surface area contributed by atoms with Crippen molar-refractivity contribution in [2.45, 2.75) is 20.0 Å². The minimum Gasteiger partial charge on any atom is -0.390 e. The highest BCUT2D eigenvalue weighted by Gasteiger charge is 2.23. The number of sulfonamides is 1. The van der Waals surface area contributed by atoms with Crippen LogP contribution in [0.3, 0.4) is 0 Å². The van der Waals surface area contributed by atoms with Crippen molar-refractivity contribution in [2.24, 2.45) is 0 Å². The molecule has 1 aromatic carbocycles. The Hall–Kier alpha value is -3.05. The van der Waals surface area contributed by atoms with Crippen LogP contribution < -0.4 is 10.0 Å². The van der Waals surface area contributed by atoms with Gasteiger partial charge in [0.15, 0.2) is 5.82 Å². The monoisotopic (exact) mass is 424 g/mol. The first-order valence-corrected chi connectivity index (χ1v) is 10.3. The van der Waals surface area contributed by atoms with Crippen LogP contribution >= 0.6 is 0 Å². The molecule has 1 amide bonds. The van der Waals surface area contributed by atoms with E-state index in [1.165, 1.54) is 12.3 Å². The Morgan fingerprint density at radius 2 is 2.03 bits per heavy atom. The number of halogens is 2. The summed E-state index contributed by atoms with van der Waals surface area (Å²) in [5.41, 5.74) is -0.290. The average Bonchev–Trinajstić information content (AvgIpc) is 3.06. The van der Waals surface area contributed by atoms with E-state index in [-0.39, 0.29) is 18.0 Å². The maximum Gasteiger partial charge on any atom is 0.261 e. The highest BCUT2D eigenvalue weighted by atomic mass is 32.2. The first-order chi connectivity index (χ1) is 13.7. The maximum atomic E-state index is 14.7. The third-order valence-corrected chi connectivity index (χ3v) is 5.49. The van der Waals surface area contributed by atoms with Crippen molar-refractivity contribution in [3.8, 4) is 0 Å². The lowest BCUT2D eigenvalue weighted by Crippen LogP contribution is -2.20. The molecule has 0 aliphatic carbocycles. The number of aliphatic hydroxyl groups is 1. The van der Waals surface area contributed by atoms with Crippen LogP contribution in [0.2, 0.25) is 0 Å². The largest absolute Gasteiger partial charge is 0.390 e. The Balaban J connectivity index is 1.89. The van der Waals surface area contributed by atoms with E-state index in [9.17, 15) is 22.0 Å². The van der Waals surface area contributed by atoms with Crippen molar-refractivity contribution < 1.29 is 27.1 Å². The van der Waals surface area contributed by atoms with Crippen LogP contribution in [0.25, 0.3) is 11.0 Å². The number of aromatic amines is 1. The topological polar surface area (TPSA) is 124 Å². The number of hydrogen-bond donors (Lipinski definition) is 4. The van der Waals surface area contributed by atoms with Crippen molar-refractivity contribution >= 4 is 38.3 Å². The lowest BCUT2D eigenvalue weighted by molar-refractivity contribution is 0.101. The zero-order chi connectivity index (χ0) is 21.2. The number of hydrogen-bond acceptors (Lipinski definition) is 5. The summed E-state index contributed by atoms with van der Waals surface area (Å²) >= 11 is 0.